The van der Waals surface area contributed by atoms with Crippen molar-refractivity contribution in [1.82, 2.24) is 4.90 Å². The zero-order valence-corrected chi connectivity index (χ0v) is 8.17. The predicted molar refractivity (Wildman–Crippen MR) is 47.3 cm³/mol. The Hall–Kier alpha value is -1.56. The molecule has 2 rings (SSSR count). The number of hydrogen-bond donors (Lipinski definition) is 1. The van der Waals surface area contributed by atoms with Crippen LogP contribution in [0.15, 0.2) is 11.8 Å². The lowest BCUT2D eigenvalue weighted by Crippen LogP contribution is -2.55. The van der Waals surface area contributed by atoms with Crippen LogP contribution in [-0.4, -0.2) is 47.9 Å². The number of aliphatic hydroxyl groups excluding tert-OH is 1. The minimum atomic E-state index is -0.826. The van der Waals surface area contributed by atoms with E-state index in [0.29, 0.717) is 5.76 Å². The van der Waals surface area contributed by atoms with E-state index >= 15 is 0 Å². The molecule has 2 saturated heterocycles. The van der Waals surface area contributed by atoms with Crippen molar-refractivity contribution in [2.75, 3.05) is 13.7 Å². The van der Waals surface area contributed by atoms with Gasteiger partial charge in [-0.05, 0) is 6.08 Å². The zero-order valence-electron chi connectivity index (χ0n) is 8.17. The molecule has 0 aromatic rings. The highest BCUT2D eigenvalue weighted by Crippen LogP contribution is 2.36. The van der Waals surface area contributed by atoms with Crippen molar-refractivity contribution in [2.24, 2.45) is 0 Å². The summed E-state index contributed by atoms with van der Waals surface area (Å²) >= 11 is 0. The third-order valence-corrected chi connectivity index (χ3v) is 2.48. The number of nitrogens with zero attached hydrogens (tertiary/aromatic N) is 1. The van der Waals surface area contributed by atoms with Crippen molar-refractivity contribution in [2.45, 2.75) is 18.7 Å². The monoisotopic (exact) mass is 213 g/mol. The molecule has 1 amide bonds. The van der Waals surface area contributed by atoms with Gasteiger partial charge in [0.05, 0.1) is 20.1 Å². The van der Waals surface area contributed by atoms with Gasteiger partial charge in [-0.2, -0.15) is 0 Å². The molecule has 2 aliphatic rings. The number of amides is 1. The molecule has 2 heterocycles. The summed E-state index contributed by atoms with van der Waals surface area (Å²) in [7, 11) is 1.25. The number of hydrogen-bond acceptors (Lipinski definition) is 5. The summed E-state index contributed by atoms with van der Waals surface area (Å²) < 4.78 is 9.89. The van der Waals surface area contributed by atoms with E-state index < -0.39 is 12.0 Å². The van der Waals surface area contributed by atoms with Crippen molar-refractivity contribution >= 4 is 11.9 Å². The third kappa shape index (κ3) is 1.37. The molecule has 6 nitrogen and oxygen atoms in total. The van der Waals surface area contributed by atoms with E-state index in [4.69, 9.17) is 9.84 Å². The Balaban J connectivity index is 2.24. The summed E-state index contributed by atoms with van der Waals surface area (Å²) in [4.78, 5) is 24.0. The van der Waals surface area contributed by atoms with E-state index in [1.807, 2.05) is 0 Å². The van der Waals surface area contributed by atoms with Gasteiger partial charge in [0, 0.05) is 0 Å². The molecular weight excluding hydrogens is 202 g/mol. The van der Waals surface area contributed by atoms with Crippen LogP contribution in [0.4, 0.5) is 0 Å². The second kappa shape index (κ2) is 3.54. The van der Waals surface area contributed by atoms with E-state index in [0.717, 1.165) is 0 Å². The van der Waals surface area contributed by atoms with Crippen LogP contribution in [0.3, 0.4) is 0 Å². The molecular formula is C9H11NO5. The van der Waals surface area contributed by atoms with E-state index in [9.17, 15) is 9.59 Å². The summed E-state index contributed by atoms with van der Waals surface area (Å²) in [5.41, 5.74) is 0. The molecule has 0 aliphatic carbocycles. The van der Waals surface area contributed by atoms with Gasteiger partial charge in [-0.15, -0.1) is 0 Å². The smallest absolute Gasteiger partial charge is 0.336 e. The molecule has 2 aliphatic heterocycles. The second-order valence-electron chi connectivity index (χ2n) is 3.29. The predicted octanol–water partition coefficient (Wildman–Crippen LogP) is -1.01. The van der Waals surface area contributed by atoms with Crippen LogP contribution >= 0.6 is 0 Å². The van der Waals surface area contributed by atoms with Crippen LogP contribution < -0.4 is 0 Å². The maximum absolute atomic E-state index is 11.4. The SMILES string of the molecule is COC(=O)[C@@H]1/C(=C/CO)O[C@H]2CC(=O)N21. The quantitative estimate of drug-likeness (QED) is 0.470. The molecule has 0 aromatic heterocycles. The van der Waals surface area contributed by atoms with Crippen LogP contribution in [-0.2, 0) is 19.1 Å². The van der Waals surface area contributed by atoms with Crippen LogP contribution in [0.2, 0.25) is 0 Å². The molecule has 6 heteroatoms. The number of methoxy groups -OCH3 is 1. The van der Waals surface area contributed by atoms with Crippen molar-refractivity contribution in [1.29, 1.82) is 0 Å². The number of ether oxygens (including phenoxy) is 2. The number of fused-ring (bicyclic) bond motifs is 1. The van der Waals surface area contributed by atoms with Crippen molar-refractivity contribution in [3.05, 3.63) is 11.8 Å². The summed E-state index contributed by atoms with van der Waals surface area (Å²) in [5, 5.41) is 8.75. The van der Waals surface area contributed by atoms with Gasteiger partial charge < -0.3 is 14.6 Å². The first-order valence-electron chi connectivity index (χ1n) is 4.55. The van der Waals surface area contributed by atoms with E-state index in [1.165, 1.54) is 18.1 Å². The number of carbonyl (C=O) groups excluding carboxylic acids is 2. The third-order valence-electron chi connectivity index (χ3n) is 2.48. The van der Waals surface area contributed by atoms with Gasteiger partial charge in [0.25, 0.3) is 0 Å². The van der Waals surface area contributed by atoms with E-state index in [-0.39, 0.29) is 25.2 Å². The van der Waals surface area contributed by atoms with E-state index in [1.54, 1.807) is 0 Å². The Morgan fingerprint density at radius 1 is 1.80 bits per heavy atom. The van der Waals surface area contributed by atoms with Gasteiger partial charge >= 0.3 is 5.97 Å². The summed E-state index contributed by atoms with van der Waals surface area (Å²) in [6.07, 6.45) is 1.27. The minimum absolute atomic E-state index is 0.142. The number of carbonyl (C=O) groups is 2. The second-order valence-corrected chi connectivity index (χ2v) is 3.29. The zero-order chi connectivity index (χ0) is 11.0. The lowest BCUT2D eigenvalue weighted by molar-refractivity contribution is -0.164. The maximum Gasteiger partial charge on any atom is 0.336 e. The van der Waals surface area contributed by atoms with Gasteiger partial charge in [-0.1, -0.05) is 0 Å². The Morgan fingerprint density at radius 2 is 2.53 bits per heavy atom. The Labute approximate surface area is 86.1 Å². The first-order valence-corrected chi connectivity index (χ1v) is 4.55. The highest BCUT2D eigenvalue weighted by Gasteiger charge is 2.53. The van der Waals surface area contributed by atoms with Gasteiger partial charge in [0.1, 0.15) is 5.76 Å². The minimum Gasteiger partial charge on any atom is -0.472 e. The molecule has 0 spiro atoms. The van der Waals surface area contributed by atoms with Crippen LogP contribution in [0.1, 0.15) is 6.42 Å². The fourth-order valence-electron chi connectivity index (χ4n) is 1.76. The Kier molecular flexibility index (Phi) is 2.36. The Bertz CT molecular complexity index is 337. The highest BCUT2D eigenvalue weighted by atomic mass is 16.6. The first kappa shape index (κ1) is 9.97. The van der Waals surface area contributed by atoms with Crippen molar-refractivity contribution < 1.29 is 24.2 Å². The molecule has 0 aromatic carbocycles. The number of rotatable bonds is 2. The topological polar surface area (TPSA) is 76.1 Å². The van der Waals surface area contributed by atoms with Crippen LogP contribution in [0.25, 0.3) is 0 Å². The molecule has 2 fully saturated rings. The summed E-state index contributed by atoms with van der Waals surface area (Å²) in [6, 6.07) is -0.826. The maximum atomic E-state index is 11.4. The summed E-state index contributed by atoms with van der Waals surface area (Å²) in [5.74, 6) is -0.401. The number of aliphatic hydroxyl groups is 1. The fraction of sp³-hybridized carbons (Fsp3) is 0.556. The normalized spacial score (nSPS) is 30.9. The van der Waals surface area contributed by atoms with Crippen LogP contribution in [0, 0.1) is 0 Å². The lowest BCUT2D eigenvalue weighted by Gasteiger charge is -2.33. The van der Waals surface area contributed by atoms with Crippen molar-refractivity contribution in [3.63, 3.8) is 0 Å². The molecule has 1 N–H and O–H groups in total. The average Bonchev–Trinajstić information content (AvgIpc) is 2.50. The molecule has 0 unspecified atom stereocenters. The standard InChI is InChI=1S/C9H11NO5/c1-14-9(13)8-5(2-3-11)15-7-4-6(12)10(7)8/h2,7-8,11H,3-4H2,1H3/b5-2-/t7-,8-/m0/s1. The fourth-order valence-corrected chi connectivity index (χ4v) is 1.76. The van der Waals surface area contributed by atoms with Gasteiger partial charge in [-0.3, -0.25) is 9.69 Å². The van der Waals surface area contributed by atoms with Gasteiger partial charge in [0.15, 0.2) is 12.3 Å². The average molecular weight is 213 g/mol. The summed E-state index contributed by atoms with van der Waals surface area (Å²) in [6.45, 7) is -0.239. The van der Waals surface area contributed by atoms with Gasteiger partial charge in [0.2, 0.25) is 5.91 Å². The molecule has 0 bridgehead atoms. The van der Waals surface area contributed by atoms with Crippen LogP contribution in [0.5, 0.6) is 0 Å². The van der Waals surface area contributed by atoms with E-state index in [2.05, 4.69) is 4.74 Å². The van der Waals surface area contributed by atoms with Gasteiger partial charge in [-0.25, -0.2) is 4.79 Å². The molecule has 82 valence electrons. The highest BCUT2D eigenvalue weighted by molar-refractivity contribution is 5.91. The first-order chi connectivity index (χ1) is 7.19. The molecule has 2 atom stereocenters. The largest absolute Gasteiger partial charge is 0.472 e. The number of β-lactam (4-membered cyclic amide) rings is 1. The molecule has 0 radical (unpaired) electrons. The number of esters is 1. The Morgan fingerprint density at radius 3 is 3.07 bits per heavy atom. The van der Waals surface area contributed by atoms with Crippen molar-refractivity contribution in [3.8, 4) is 0 Å². The molecule has 0 saturated carbocycles. The molecule has 15 heavy (non-hydrogen) atoms. The lowest BCUT2D eigenvalue weighted by atomic mass is 10.1.